The zero-order valence-electron chi connectivity index (χ0n) is 11.4. The number of benzene rings is 1. The Kier molecular flexibility index (Phi) is 2.76. The summed E-state index contributed by atoms with van der Waals surface area (Å²) < 4.78 is 2.05. The van der Waals surface area contributed by atoms with Gasteiger partial charge in [-0.3, -0.25) is 4.57 Å². The van der Waals surface area contributed by atoms with Gasteiger partial charge in [-0.05, 0) is 31.4 Å². The summed E-state index contributed by atoms with van der Waals surface area (Å²) in [6.07, 6.45) is 6.38. The van der Waals surface area contributed by atoms with Gasteiger partial charge in [0.25, 0.3) is 0 Å². The maximum atomic E-state index is 4.90. The molecule has 1 saturated heterocycles. The van der Waals surface area contributed by atoms with Gasteiger partial charge in [0.15, 0.2) is 0 Å². The second kappa shape index (κ2) is 4.74. The van der Waals surface area contributed by atoms with Gasteiger partial charge in [-0.1, -0.05) is 12.1 Å². The van der Waals surface area contributed by atoms with E-state index in [-0.39, 0.29) is 0 Å². The van der Waals surface area contributed by atoms with Crippen LogP contribution in [0.2, 0.25) is 0 Å². The highest BCUT2D eigenvalue weighted by molar-refractivity contribution is 5.88. The van der Waals surface area contributed by atoms with Gasteiger partial charge in [0.1, 0.15) is 18.0 Å². The summed E-state index contributed by atoms with van der Waals surface area (Å²) in [6, 6.07) is 8.20. The molecule has 0 unspecified atom stereocenters. The van der Waals surface area contributed by atoms with Crippen LogP contribution in [0.15, 0.2) is 35.6 Å². The molecule has 0 radical (unpaired) electrons. The molecule has 1 aromatic heterocycles. The van der Waals surface area contributed by atoms with Crippen LogP contribution in [0, 0.1) is 0 Å². The number of hydrogen-bond acceptors (Lipinski definition) is 4. The summed E-state index contributed by atoms with van der Waals surface area (Å²) in [4.78, 5) is 7.31. The molecule has 1 fully saturated rings. The summed E-state index contributed by atoms with van der Waals surface area (Å²) in [7, 11) is 0. The van der Waals surface area contributed by atoms with E-state index in [1.165, 1.54) is 19.3 Å². The van der Waals surface area contributed by atoms with Gasteiger partial charge in [-0.15, -0.1) is 10.2 Å². The van der Waals surface area contributed by atoms with Crippen LogP contribution in [0.1, 0.15) is 25.1 Å². The molecule has 1 aromatic carbocycles. The van der Waals surface area contributed by atoms with Crippen LogP contribution in [-0.2, 0) is 6.42 Å². The molecule has 0 amide bonds. The Morgan fingerprint density at radius 2 is 1.85 bits per heavy atom. The fourth-order valence-corrected chi connectivity index (χ4v) is 3.00. The minimum atomic E-state index is 0.759. The summed E-state index contributed by atoms with van der Waals surface area (Å²) in [5.41, 5.74) is 2.08. The molecule has 20 heavy (non-hydrogen) atoms. The smallest absolute Gasteiger partial charge is 0.145 e. The van der Waals surface area contributed by atoms with Crippen molar-refractivity contribution in [3.05, 3.63) is 36.4 Å². The van der Waals surface area contributed by atoms with Crippen molar-refractivity contribution < 1.29 is 0 Å². The highest BCUT2D eigenvalue weighted by atomic mass is 15.3. The maximum absolute atomic E-state index is 4.90. The highest BCUT2D eigenvalue weighted by Gasteiger charge is 2.22. The molecule has 0 atom stereocenters. The Hall–Kier alpha value is -2.17. The van der Waals surface area contributed by atoms with Crippen LogP contribution in [0.25, 0.3) is 5.69 Å². The average molecular weight is 267 g/mol. The maximum Gasteiger partial charge on any atom is 0.145 e. The van der Waals surface area contributed by atoms with Crippen LogP contribution >= 0.6 is 0 Å². The normalized spacial score (nSPS) is 18.0. The van der Waals surface area contributed by atoms with E-state index in [0.717, 1.165) is 42.5 Å². The van der Waals surface area contributed by atoms with E-state index >= 15 is 0 Å². The number of aliphatic imine (C=N–C) groups is 1. The largest absolute Gasteiger partial charge is 0.360 e. The molecule has 2 aliphatic rings. The van der Waals surface area contributed by atoms with Crippen molar-refractivity contribution in [2.24, 2.45) is 4.99 Å². The van der Waals surface area contributed by atoms with Gasteiger partial charge in [-0.2, -0.15) is 0 Å². The van der Waals surface area contributed by atoms with Crippen molar-refractivity contribution in [2.75, 3.05) is 13.1 Å². The van der Waals surface area contributed by atoms with Gasteiger partial charge in [0.05, 0.1) is 17.8 Å². The van der Waals surface area contributed by atoms with Crippen LogP contribution in [0.5, 0.6) is 0 Å². The quantitative estimate of drug-likeness (QED) is 0.736. The molecule has 0 bridgehead atoms. The third-order valence-corrected chi connectivity index (χ3v) is 4.05. The third kappa shape index (κ3) is 1.90. The molecule has 5 heteroatoms. The van der Waals surface area contributed by atoms with Gasteiger partial charge < -0.3 is 4.90 Å². The predicted molar refractivity (Wildman–Crippen MR) is 77.6 cm³/mol. The van der Waals surface area contributed by atoms with Crippen LogP contribution in [-0.4, -0.2) is 38.6 Å². The van der Waals surface area contributed by atoms with E-state index in [2.05, 4.69) is 31.8 Å². The summed E-state index contributed by atoms with van der Waals surface area (Å²) in [5, 5.41) is 8.33. The molecule has 0 aliphatic carbocycles. The van der Waals surface area contributed by atoms with Crippen molar-refractivity contribution in [2.45, 2.75) is 25.7 Å². The lowest BCUT2D eigenvalue weighted by molar-refractivity contribution is 0.338. The molecule has 4 rings (SSSR count). The van der Waals surface area contributed by atoms with Crippen molar-refractivity contribution in [1.29, 1.82) is 0 Å². The minimum Gasteiger partial charge on any atom is -0.360 e. The first-order chi connectivity index (χ1) is 9.92. The first-order valence-corrected chi connectivity index (χ1v) is 7.22. The molecule has 0 spiro atoms. The molecule has 0 saturated carbocycles. The third-order valence-electron chi connectivity index (χ3n) is 4.05. The number of para-hydroxylation sites is 2. The van der Waals surface area contributed by atoms with E-state index in [4.69, 9.17) is 4.99 Å². The summed E-state index contributed by atoms with van der Waals surface area (Å²) >= 11 is 0. The number of rotatable bonds is 0. The van der Waals surface area contributed by atoms with Crippen LogP contribution < -0.4 is 0 Å². The number of amidine groups is 1. The van der Waals surface area contributed by atoms with Crippen LogP contribution in [0.3, 0.4) is 0 Å². The lowest BCUT2D eigenvalue weighted by Crippen LogP contribution is -2.36. The van der Waals surface area contributed by atoms with Crippen molar-refractivity contribution in [1.82, 2.24) is 19.7 Å². The van der Waals surface area contributed by atoms with E-state index in [1.807, 2.05) is 12.1 Å². The Labute approximate surface area is 118 Å². The number of piperidine rings is 1. The molecule has 3 heterocycles. The van der Waals surface area contributed by atoms with E-state index in [9.17, 15) is 0 Å². The van der Waals surface area contributed by atoms with Crippen LogP contribution in [0.4, 0.5) is 5.69 Å². The first-order valence-electron chi connectivity index (χ1n) is 7.22. The van der Waals surface area contributed by atoms with Gasteiger partial charge >= 0.3 is 0 Å². The standard InChI is InChI=1S/C15H17N5/c1-4-8-19(9-5-1)14-10-15-18-16-11-20(15)13-7-3-2-6-12(13)17-14/h2-3,6-7,11H,1,4-5,8-10H2. The Balaban J connectivity index is 1.81. The second-order valence-corrected chi connectivity index (χ2v) is 5.36. The Morgan fingerprint density at radius 3 is 2.75 bits per heavy atom. The molecular weight excluding hydrogens is 250 g/mol. The minimum absolute atomic E-state index is 0.759. The fraction of sp³-hybridized carbons (Fsp3) is 0.400. The van der Waals surface area contributed by atoms with E-state index in [0.29, 0.717) is 0 Å². The number of hydrogen-bond donors (Lipinski definition) is 0. The SMILES string of the molecule is c1ccc2c(c1)N=C(N1CCCCC1)Cc1nncn1-2. The second-order valence-electron chi connectivity index (χ2n) is 5.36. The van der Waals surface area contributed by atoms with Crippen molar-refractivity contribution >= 4 is 11.5 Å². The van der Waals surface area contributed by atoms with Crippen molar-refractivity contribution in [3.8, 4) is 5.69 Å². The zero-order valence-corrected chi connectivity index (χ0v) is 11.4. The zero-order chi connectivity index (χ0) is 13.4. The van der Waals surface area contributed by atoms with Gasteiger partial charge in [0, 0.05) is 13.1 Å². The molecule has 0 N–H and O–H groups in total. The van der Waals surface area contributed by atoms with Gasteiger partial charge in [-0.25, -0.2) is 4.99 Å². The predicted octanol–water partition coefficient (Wildman–Crippen LogP) is 2.34. The molecule has 5 nitrogen and oxygen atoms in total. The molecule has 2 aromatic rings. The Bertz CT molecular complexity index is 652. The number of likely N-dealkylation sites (tertiary alicyclic amines) is 1. The molecule has 2 aliphatic heterocycles. The summed E-state index contributed by atoms with van der Waals surface area (Å²) in [6.45, 7) is 2.21. The van der Waals surface area contributed by atoms with E-state index in [1.54, 1.807) is 6.33 Å². The Morgan fingerprint density at radius 1 is 1.00 bits per heavy atom. The number of nitrogens with zero attached hydrogens (tertiary/aromatic N) is 5. The van der Waals surface area contributed by atoms with E-state index < -0.39 is 0 Å². The highest BCUT2D eigenvalue weighted by Crippen LogP contribution is 2.28. The molecular formula is C15H17N5. The van der Waals surface area contributed by atoms with Gasteiger partial charge in [0.2, 0.25) is 0 Å². The topological polar surface area (TPSA) is 46.3 Å². The average Bonchev–Trinajstić information content (AvgIpc) is 2.90. The monoisotopic (exact) mass is 267 g/mol. The number of fused-ring (bicyclic) bond motifs is 3. The first kappa shape index (κ1) is 11.6. The molecule has 102 valence electrons. The van der Waals surface area contributed by atoms with Crippen molar-refractivity contribution in [3.63, 3.8) is 0 Å². The summed E-state index contributed by atoms with van der Waals surface area (Å²) in [5.74, 6) is 2.10. The fourth-order valence-electron chi connectivity index (χ4n) is 3.00. The number of aromatic nitrogens is 3. The lowest BCUT2D eigenvalue weighted by Gasteiger charge is -2.29. The lowest BCUT2D eigenvalue weighted by atomic mass is 10.1.